The van der Waals surface area contributed by atoms with Gasteiger partial charge in [0.25, 0.3) is 0 Å². The maximum atomic E-state index is 12.8. The van der Waals surface area contributed by atoms with Crippen LogP contribution >= 0.6 is 0 Å². The van der Waals surface area contributed by atoms with Crippen LogP contribution in [0.15, 0.2) is 18.2 Å². The van der Waals surface area contributed by atoms with Gasteiger partial charge < -0.3 is 14.4 Å². The summed E-state index contributed by atoms with van der Waals surface area (Å²) in [5, 5.41) is 12.4. The van der Waals surface area contributed by atoms with E-state index in [2.05, 4.69) is 15.0 Å². The molecule has 1 amide bonds. The normalized spacial score (nSPS) is 15.8. The molecule has 6 nitrogen and oxygen atoms in total. The molecule has 1 heterocycles. The lowest BCUT2D eigenvalue weighted by Gasteiger charge is -2.29. The average molecular weight is 371 g/mol. The minimum atomic E-state index is -4.83. The van der Waals surface area contributed by atoms with Crippen LogP contribution in [0.25, 0.3) is 11.0 Å². The Kier molecular flexibility index (Phi) is 4.60. The zero-order valence-corrected chi connectivity index (χ0v) is 14.4. The van der Waals surface area contributed by atoms with Crippen molar-refractivity contribution in [3.63, 3.8) is 0 Å². The van der Waals surface area contributed by atoms with E-state index in [4.69, 9.17) is 0 Å². The Labute approximate surface area is 148 Å². The largest absolute Gasteiger partial charge is 0.573 e. The Hall–Kier alpha value is -2.29. The zero-order valence-electron chi connectivity index (χ0n) is 14.4. The molecule has 1 aromatic carbocycles. The summed E-state index contributed by atoms with van der Waals surface area (Å²) < 4.78 is 44.0. The van der Waals surface area contributed by atoms with Crippen LogP contribution in [0, 0.1) is 0 Å². The van der Waals surface area contributed by atoms with Crippen molar-refractivity contribution in [2.75, 3.05) is 5.32 Å². The van der Waals surface area contributed by atoms with Crippen molar-refractivity contribution in [2.45, 2.75) is 57.5 Å². The standard InChI is InChI=1S/C17H20F3N3O3/c1-16(2,25)9-13(24)22-15-21-11-7-4-8-12(26-17(18,19)20)14(11)23(15)10-5-3-6-10/h4,7-8,10,25H,3,5-6,9H2,1-2H3,(H,21,22,24). The van der Waals surface area contributed by atoms with Crippen molar-refractivity contribution in [3.05, 3.63) is 18.2 Å². The molecule has 0 atom stereocenters. The molecule has 0 unspecified atom stereocenters. The molecule has 0 saturated heterocycles. The Bertz CT molecular complexity index is 820. The van der Waals surface area contributed by atoms with E-state index in [0.717, 1.165) is 19.3 Å². The van der Waals surface area contributed by atoms with Gasteiger partial charge in [0.05, 0.1) is 17.5 Å². The first-order valence-electron chi connectivity index (χ1n) is 8.32. The van der Waals surface area contributed by atoms with Crippen LogP contribution in [-0.2, 0) is 4.79 Å². The van der Waals surface area contributed by atoms with Crippen LogP contribution in [0.2, 0.25) is 0 Å². The highest BCUT2D eigenvalue weighted by atomic mass is 19.4. The maximum absolute atomic E-state index is 12.8. The Balaban J connectivity index is 2.03. The highest BCUT2D eigenvalue weighted by molar-refractivity contribution is 5.93. The minimum Gasteiger partial charge on any atom is -0.403 e. The van der Waals surface area contributed by atoms with Gasteiger partial charge in [0.2, 0.25) is 11.9 Å². The third-order valence-corrected chi connectivity index (χ3v) is 4.18. The van der Waals surface area contributed by atoms with Gasteiger partial charge in [0.1, 0.15) is 5.52 Å². The van der Waals surface area contributed by atoms with Gasteiger partial charge in [-0.05, 0) is 45.2 Å². The van der Waals surface area contributed by atoms with Gasteiger partial charge in [0.15, 0.2) is 5.75 Å². The van der Waals surface area contributed by atoms with Gasteiger partial charge in [-0.2, -0.15) is 0 Å². The van der Waals surface area contributed by atoms with Crippen molar-refractivity contribution < 1.29 is 27.8 Å². The summed E-state index contributed by atoms with van der Waals surface area (Å²) >= 11 is 0. The number of aliphatic hydroxyl groups is 1. The fourth-order valence-corrected chi connectivity index (χ4v) is 2.97. The van der Waals surface area contributed by atoms with Crippen LogP contribution < -0.4 is 10.1 Å². The molecule has 0 radical (unpaired) electrons. The highest BCUT2D eigenvalue weighted by Crippen LogP contribution is 2.41. The number of hydrogen-bond acceptors (Lipinski definition) is 4. The van der Waals surface area contributed by atoms with Crippen LogP contribution in [0.5, 0.6) is 5.75 Å². The summed E-state index contributed by atoms with van der Waals surface area (Å²) in [7, 11) is 0. The summed E-state index contributed by atoms with van der Waals surface area (Å²) in [5.74, 6) is -0.652. The number of alkyl halides is 3. The summed E-state index contributed by atoms with van der Waals surface area (Å²) in [6.45, 7) is 2.99. The molecule has 0 aliphatic heterocycles. The highest BCUT2D eigenvalue weighted by Gasteiger charge is 2.34. The number of benzene rings is 1. The van der Waals surface area contributed by atoms with Crippen LogP contribution in [-0.4, -0.2) is 32.5 Å². The lowest BCUT2D eigenvalue weighted by molar-refractivity contribution is -0.274. The summed E-state index contributed by atoms with van der Waals surface area (Å²) in [6.07, 6.45) is -2.48. The third kappa shape index (κ3) is 4.09. The Morgan fingerprint density at radius 1 is 1.38 bits per heavy atom. The van der Waals surface area contributed by atoms with Gasteiger partial charge in [0, 0.05) is 6.04 Å². The summed E-state index contributed by atoms with van der Waals surface area (Å²) in [6, 6.07) is 4.16. The van der Waals surface area contributed by atoms with Gasteiger partial charge in [-0.1, -0.05) is 6.07 Å². The van der Waals surface area contributed by atoms with E-state index < -0.39 is 17.9 Å². The number of anilines is 1. The SMILES string of the molecule is CC(C)(O)CC(=O)Nc1nc2cccc(OC(F)(F)F)c2n1C1CCC1. The van der Waals surface area contributed by atoms with Gasteiger partial charge >= 0.3 is 6.36 Å². The van der Waals surface area contributed by atoms with Crippen LogP contribution in [0.3, 0.4) is 0 Å². The quantitative estimate of drug-likeness (QED) is 0.839. The summed E-state index contributed by atoms with van der Waals surface area (Å²) in [5.41, 5.74) is -0.701. The Morgan fingerprint density at radius 3 is 2.62 bits per heavy atom. The molecule has 142 valence electrons. The number of rotatable bonds is 5. The molecule has 0 spiro atoms. The number of imidazole rings is 1. The molecule has 2 N–H and O–H groups in total. The molecule has 3 rings (SSSR count). The molecule has 1 aliphatic rings. The van der Waals surface area contributed by atoms with Gasteiger partial charge in [-0.15, -0.1) is 13.2 Å². The molecule has 1 aliphatic carbocycles. The van der Waals surface area contributed by atoms with Crippen molar-refractivity contribution >= 4 is 22.9 Å². The number of nitrogens with zero attached hydrogens (tertiary/aromatic N) is 2. The lowest BCUT2D eigenvalue weighted by atomic mass is 9.92. The second-order valence-electron chi connectivity index (χ2n) is 7.10. The molecule has 1 aromatic heterocycles. The number of halogens is 3. The number of fused-ring (bicyclic) bond motifs is 1. The first-order valence-corrected chi connectivity index (χ1v) is 8.32. The van der Waals surface area contributed by atoms with E-state index in [1.807, 2.05) is 0 Å². The third-order valence-electron chi connectivity index (χ3n) is 4.18. The fourth-order valence-electron chi connectivity index (χ4n) is 2.97. The number of amides is 1. The second-order valence-corrected chi connectivity index (χ2v) is 7.10. The monoisotopic (exact) mass is 371 g/mol. The number of para-hydroxylation sites is 1. The van der Waals surface area contributed by atoms with Crippen molar-refractivity contribution in [1.82, 2.24) is 9.55 Å². The van der Waals surface area contributed by atoms with E-state index in [1.54, 1.807) is 10.6 Å². The van der Waals surface area contributed by atoms with Crippen LogP contribution in [0.4, 0.5) is 19.1 Å². The molecule has 0 bridgehead atoms. The number of carbonyl (C=O) groups is 1. The molecule has 1 fully saturated rings. The van der Waals surface area contributed by atoms with E-state index in [0.29, 0.717) is 5.52 Å². The van der Waals surface area contributed by atoms with E-state index in [1.165, 1.54) is 26.0 Å². The summed E-state index contributed by atoms with van der Waals surface area (Å²) in [4.78, 5) is 16.4. The number of carbonyl (C=O) groups excluding carboxylic acids is 1. The topological polar surface area (TPSA) is 76.4 Å². The fraction of sp³-hybridized carbons (Fsp3) is 0.529. The first kappa shape index (κ1) is 18.5. The smallest absolute Gasteiger partial charge is 0.403 e. The van der Waals surface area contributed by atoms with Gasteiger partial charge in [-0.3, -0.25) is 10.1 Å². The molecular formula is C17H20F3N3O3. The van der Waals surface area contributed by atoms with E-state index in [-0.39, 0.29) is 29.7 Å². The molecule has 9 heteroatoms. The number of hydrogen-bond donors (Lipinski definition) is 2. The minimum absolute atomic E-state index is 0.0598. The van der Waals surface area contributed by atoms with E-state index >= 15 is 0 Å². The van der Waals surface area contributed by atoms with Crippen molar-refractivity contribution in [3.8, 4) is 5.75 Å². The average Bonchev–Trinajstić information content (AvgIpc) is 2.72. The maximum Gasteiger partial charge on any atom is 0.573 e. The van der Waals surface area contributed by atoms with E-state index in [9.17, 15) is 23.1 Å². The number of nitrogens with one attached hydrogen (secondary N) is 1. The molecule has 1 saturated carbocycles. The molecule has 26 heavy (non-hydrogen) atoms. The van der Waals surface area contributed by atoms with Crippen molar-refractivity contribution in [2.24, 2.45) is 0 Å². The number of ether oxygens (including phenoxy) is 1. The number of aromatic nitrogens is 2. The second kappa shape index (κ2) is 6.46. The molecule has 2 aromatic rings. The zero-order chi connectivity index (χ0) is 19.1. The predicted molar refractivity (Wildman–Crippen MR) is 88.8 cm³/mol. The Morgan fingerprint density at radius 2 is 2.08 bits per heavy atom. The van der Waals surface area contributed by atoms with Gasteiger partial charge in [-0.25, -0.2) is 4.98 Å². The molecular weight excluding hydrogens is 351 g/mol. The predicted octanol–water partition coefficient (Wildman–Crippen LogP) is 3.76. The lowest BCUT2D eigenvalue weighted by Crippen LogP contribution is -2.29. The van der Waals surface area contributed by atoms with Crippen LogP contribution in [0.1, 0.15) is 45.6 Å². The van der Waals surface area contributed by atoms with Crippen molar-refractivity contribution in [1.29, 1.82) is 0 Å². The first-order chi connectivity index (χ1) is 12.0.